The van der Waals surface area contributed by atoms with Crippen LogP contribution in [0.1, 0.15) is 22.5 Å². The molecule has 4 aromatic heterocycles. The summed E-state index contributed by atoms with van der Waals surface area (Å²) < 4.78 is 22.4. The number of hydrogen-bond acceptors (Lipinski definition) is 5. The zero-order chi connectivity index (χ0) is 21.1. The molecule has 1 unspecified atom stereocenters. The van der Waals surface area contributed by atoms with Gasteiger partial charge in [-0.1, -0.05) is 9.24 Å². The van der Waals surface area contributed by atoms with Crippen LogP contribution in [0.2, 0.25) is 0 Å². The molecular formula is C19H19F2N6OPS. The lowest BCUT2D eigenvalue weighted by atomic mass is 10.1. The number of nitrogens with one attached hydrogen (secondary N) is 1. The summed E-state index contributed by atoms with van der Waals surface area (Å²) in [6.45, 7) is 1.72. The first-order valence-corrected chi connectivity index (χ1v) is 10.8. The highest BCUT2D eigenvalue weighted by Gasteiger charge is 2.21. The van der Waals surface area contributed by atoms with E-state index >= 15 is 0 Å². The van der Waals surface area contributed by atoms with Gasteiger partial charge < -0.3 is 4.90 Å². The van der Waals surface area contributed by atoms with Crippen molar-refractivity contribution < 1.29 is 13.6 Å². The van der Waals surface area contributed by atoms with Crippen LogP contribution in [0.4, 0.5) is 8.78 Å². The van der Waals surface area contributed by atoms with Crippen molar-refractivity contribution >= 4 is 32.1 Å². The third-order valence-corrected chi connectivity index (χ3v) is 5.62. The van der Waals surface area contributed by atoms with E-state index in [-0.39, 0.29) is 5.91 Å². The first kappa shape index (κ1) is 20.6. The number of carbonyl (C=O) groups excluding carboxylic acids is 1. The van der Waals surface area contributed by atoms with Gasteiger partial charge in [0.15, 0.2) is 5.65 Å². The molecule has 1 amide bonds. The summed E-state index contributed by atoms with van der Waals surface area (Å²) in [5.41, 5.74) is 4.59. The number of alkyl halides is 2. The van der Waals surface area contributed by atoms with Crippen LogP contribution in [0.25, 0.3) is 27.9 Å². The van der Waals surface area contributed by atoms with Gasteiger partial charge in [-0.3, -0.25) is 9.89 Å². The fourth-order valence-electron chi connectivity index (χ4n) is 3.30. The van der Waals surface area contributed by atoms with E-state index in [0.29, 0.717) is 0 Å². The normalized spacial score (nSPS) is 13.7. The Morgan fingerprint density at radius 2 is 1.93 bits per heavy atom. The molecule has 1 fully saturated rings. The van der Waals surface area contributed by atoms with Gasteiger partial charge in [0, 0.05) is 48.4 Å². The molecule has 1 aliphatic rings. The average Bonchev–Trinajstić information content (AvgIpc) is 3.53. The van der Waals surface area contributed by atoms with Crippen molar-refractivity contribution in [1.82, 2.24) is 29.7 Å². The Bertz CT molecular complexity index is 1130. The van der Waals surface area contributed by atoms with Gasteiger partial charge in [0.2, 0.25) is 6.17 Å². The van der Waals surface area contributed by atoms with Crippen LogP contribution in [-0.4, -0.2) is 54.9 Å². The molecule has 0 radical (unpaired) electrons. The zero-order valence-electron chi connectivity index (χ0n) is 15.8. The molecule has 11 heteroatoms. The van der Waals surface area contributed by atoms with E-state index < -0.39 is 6.17 Å². The second-order valence-electron chi connectivity index (χ2n) is 6.69. The van der Waals surface area contributed by atoms with Crippen LogP contribution in [0.3, 0.4) is 0 Å². The number of hydrogen-bond donors (Lipinski definition) is 1. The Hall–Kier alpha value is -2.71. The first-order valence-electron chi connectivity index (χ1n) is 9.27. The topological polar surface area (TPSA) is 79.2 Å². The van der Waals surface area contributed by atoms with E-state index in [1.54, 1.807) is 16.9 Å². The Balaban J connectivity index is 0.000000503. The molecule has 0 spiro atoms. The third kappa shape index (κ3) is 4.39. The molecule has 4 aromatic rings. The minimum atomic E-state index is -2.25. The predicted molar refractivity (Wildman–Crippen MR) is 115 cm³/mol. The number of aromatic nitrogens is 5. The van der Waals surface area contributed by atoms with Crippen molar-refractivity contribution in [2.45, 2.75) is 19.0 Å². The Morgan fingerprint density at radius 3 is 2.63 bits per heavy atom. The smallest absolute Gasteiger partial charge is 0.263 e. The Labute approximate surface area is 177 Å². The average molecular weight is 448 g/mol. The van der Waals surface area contributed by atoms with Gasteiger partial charge in [0.05, 0.1) is 17.3 Å². The van der Waals surface area contributed by atoms with E-state index in [2.05, 4.69) is 20.3 Å². The number of rotatable bonds is 3. The maximum Gasteiger partial charge on any atom is 0.263 e. The van der Waals surface area contributed by atoms with Gasteiger partial charge in [-0.05, 0) is 29.9 Å². The predicted octanol–water partition coefficient (Wildman–Crippen LogP) is 4.17. The highest BCUT2D eigenvalue weighted by molar-refractivity contribution is 7.16. The van der Waals surface area contributed by atoms with Crippen LogP contribution >= 0.6 is 20.6 Å². The summed E-state index contributed by atoms with van der Waals surface area (Å²) in [7, 11) is 1.32. The van der Waals surface area contributed by atoms with Crippen molar-refractivity contribution in [2.75, 3.05) is 13.1 Å². The molecule has 7 nitrogen and oxygen atoms in total. The molecule has 1 aliphatic heterocycles. The lowest BCUT2D eigenvalue weighted by Gasteiger charge is -2.13. The number of likely N-dealkylation sites (tertiary alicyclic amines) is 1. The monoisotopic (exact) mass is 448 g/mol. The van der Waals surface area contributed by atoms with Crippen molar-refractivity contribution in [3.05, 3.63) is 47.3 Å². The van der Waals surface area contributed by atoms with Crippen LogP contribution in [0.15, 0.2) is 42.4 Å². The molecule has 1 atom stereocenters. The molecule has 5 rings (SSSR count). The third-order valence-electron chi connectivity index (χ3n) is 4.70. The maximum atomic E-state index is 12.6. The minimum absolute atomic E-state index is 0.130. The number of thiophene rings is 1. The van der Waals surface area contributed by atoms with Gasteiger partial charge in [0.1, 0.15) is 0 Å². The molecule has 1 saturated heterocycles. The molecule has 1 N–H and O–H groups in total. The molecule has 0 aliphatic carbocycles. The summed E-state index contributed by atoms with van der Waals surface area (Å²) in [6, 6.07) is 1.95. The van der Waals surface area contributed by atoms with E-state index in [9.17, 15) is 13.6 Å². The largest absolute Gasteiger partial charge is 0.338 e. The van der Waals surface area contributed by atoms with Crippen molar-refractivity contribution in [3.8, 4) is 22.3 Å². The maximum absolute atomic E-state index is 12.6. The van der Waals surface area contributed by atoms with Crippen molar-refractivity contribution in [2.24, 2.45) is 0 Å². The van der Waals surface area contributed by atoms with Crippen LogP contribution in [-0.2, 0) is 0 Å². The summed E-state index contributed by atoms with van der Waals surface area (Å²) in [5.74, 6) is 0.130. The first-order chi connectivity index (χ1) is 14.5. The summed E-state index contributed by atoms with van der Waals surface area (Å²) in [4.78, 5) is 19.8. The highest BCUT2D eigenvalue weighted by Crippen LogP contribution is 2.30. The lowest BCUT2D eigenvalue weighted by Crippen LogP contribution is -2.26. The number of fused-ring (bicyclic) bond motifs is 1. The van der Waals surface area contributed by atoms with Gasteiger partial charge in [-0.15, -0.1) is 11.3 Å². The van der Waals surface area contributed by atoms with Crippen LogP contribution < -0.4 is 0 Å². The van der Waals surface area contributed by atoms with E-state index in [1.165, 1.54) is 20.6 Å². The molecule has 156 valence electrons. The number of carbonyl (C=O) groups is 1. The van der Waals surface area contributed by atoms with Crippen molar-refractivity contribution in [3.63, 3.8) is 0 Å². The number of nitrogens with zero attached hydrogens (tertiary/aromatic N) is 5. The van der Waals surface area contributed by atoms with Gasteiger partial charge in [0.25, 0.3) is 5.91 Å². The molecule has 0 bridgehead atoms. The molecular weight excluding hydrogens is 429 g/mol. The fourth-order valence-corrected chi connectivity index (χ4v) is 4.18. The van der Waals surface area contributed by atoms with Gasteiger partial charge >= 0.3 is 0 Å². The van der Waals surface area contributed by atoms with E-state index in [4.69, 9.17) is 0 Å². The zero-order valence-corrected chi connectivity index (χ0v) is 17.8. The lowest BCUT2D eigenvalue weighted by molar-refractivity contribution is 0.0797. The number of H-pyrrole nitrogens is 1. The number of aromatic amines is 1. The summed E-state index contributed by atoms with van der Waals surface area (Å²) >= 11 is 1.48. The molecule has 5 heterocycles. The van der Waals surface area contributed by atoms with Crippen LogP contribution in [0, 0.1) is 0 Å². The second kappa shape index (κ2) is 8.97. The second-order valence-corrected chi connectivity index (χ2v) is 8.10. The standard InChI is InChI=1S/C18H16N6OS.CH3F2P/c25-18(23-3-1-2-4-23)16-5-12(11-26-16)15-9-22-24-10-14(6-19-17(15)24)13-7-20-21-8-13;2-1(3)4/h5-11H,1-4H2,(H,20,21);1H,4H2. The van der Waals surface area contributed by atoms with E-state index in [1.807, 2.05) is 34.9 Å². The molecule has 0 aromatic carbocycles. The van der Waals surface area contributed by atoms with Gasteiger partial charge in [-0.25, -0.2) is 18.3 Å². The highest BCUT2D eigenvalue weighted by atomic mass is 32.1. The van der Waals surface area contributed by atoms with Crippen LogP contribution in [0.5, 0.6) is 0 Å². The quantitative estimate of drug-likeness (QED) is 0.477. The Kier molecular flexibility index (Phi) is 6.15. The summed E-state index contributed by atoms with van der Waals surface area (Å²) in [6.07, 6.45) is 9.06. The fraction of sp³-hybridized carbons (Fsp3) is 0.263. The molecule has 0 saturated carbocycles. The molecule has 30 heavy (non-hydrogen) atoms. The van der Waals surface area contributed by atoms with Crippen molar-refractivity contribution in [1.29, 1.82) is 0 Å². The number of halogens is 2. The SMILES string of the molecule is FC(F)P.O=C(c1cc(-c2cnn3cc(-c4cn[nH]c4)cnc23)cs1)N1CCCC1. The van der Waals surface area contributed by atoms with E-state index in [0.717, 1.165) is 58.7 Å². The Morgan fingerprint density at radius 1 is 1.17 bits per heavy atom. The minimum Gasteiger partial charge on any atom is -0.338 e. The number of amides is 1. The van der Waals surface area contributed by atoms with Gasteiger partial charge in [-0.2, -0.15) is 10.2 Å². The summed E-state index contributed by atoms with van der Waals surface area (Å²) in [5, 5.41) is 13.2.